The van der Waals surface area contributed by atoms with Crippen LogP contribution in [0.4, 0.5) is 0 Å². The molecular formula is C15H19NO3S. The average molecular weight is 293 g/mol. The molecule has 5 heteroatoms. The van der Waals surface area contributed by atoms with E-state index in [4.69, 9.17) is 4.74 Å². The second kappa shape index (κ2) is 5.68. The van der Waals surface area contributed by atoms with Crippen molar-refractivity contribution in [1.82, 2.24) is 4.31 Å². The Morgan fingerprint density at radius 2 is 1.75 bits per heavy atom. The van der Waals surface area contributed by atoms with Crippen LogP contribution in [0.3, 0.4) is 0 Å². The van der Waals surface area contributed by atoms with Crippen LogP contribution in [0.25, 0.3) is 6.08 Å². The SMILES string of the molecule is O=S(=O)(/C=C/c1ccccc1)N1[C@@H]2CCC[C@H]1COC2. The lowest BCUT2D eigenvalue weighted by Gasteiger charge is -2.43. The highest BCUT2D eigenvalue weighted by Gasteiger charge is 2.40. The molecule has 0 spiro atoms. The Bertz CT molecular complexity index is 560. The summed E-state index contributed by atoms with van der Waals surface area (Å²) in [6.45, 7) is 1.05. The number of piperidine rings is 1. The van der Waals surface area contributed by atoms with Crippen molar-refractivity contribution in [2.45, 2.75) is 31.3 Å². The first-order chi connectivity index (χ1) is 9.67. The normalized spacial score (nSPS) is 27.8. The predicted octanol–water partition coefficient (Wildman–Crippen LogP) is 2.24. The van der Waals surface area contributed by atoms with Gasteiger partial charge in [0.05, 0.1) is 13.2 Å². The molecule has 2 aliphatic heterocycles. The van der Waals surface area contributed by atoms with E-state index in [2.05, 4.69) is 0 Å². The Labute approximate surface area is 120 Å². The van der Waals surface area contributed by atoms with Crippen LogP contribution < -0.4 is 0 Å². The predicted molar refractivity (Wildman–Crippen MR) is 78.5 cm³/mol. The largest absolute Gasteiger partial charge is 0.378 e. The van der Waals surface area contributed by atoms with Crippen molar-refractivity contribution in [3.05, 3.63) is 41.3 Å². The third-order valence-electron chi connectivity index (χ3n) is 3.94. The fourth-order valence-electron chi connectivity index (χ4n) is 3.01. The zero-order chi connectivity index (χ0) is 14.0. The Morgan fingerprint density at radius 1 is 1.10 bits per heavy atom. The van der Waals surface area contributed by atoms with Gasteiger partial charge in [0.1, 0.15) is 0 Å². The highest BCUT2D eigenvalue weighted by Crippen LogP contribution is 2.30. The standard InChI is InChI=1S/C15H19NO3S/c17-20(18,10-9-13-5-2-1-3-6-13)16-14-7-4-8-15(16)12-19-11-14/h1-3,5-6,9-10,14-15H,4,7-8,11-12H2/b10-9+/t14-,15+. The maximum Gasteiger partial charge on any atom is 0.236 e. The van der Waals surface area contributed by atoms with Crippen molar-refractivity contribution in [2.75, 3.05) is 13.2 Å². The number of hydrogen-bond acceptors (Lipinski definition) is 3. The first kappa shape index (κ1) is 13.8. The summed E-state index contributed by atoms with van der Waals surface area (Å²) in [6, 6.07) is 9.52. The van der Waals surface area contributed by atoms with Gasteiger partial charge in [0.25, 0.3) is 0 Å². The second-order valence-corrected chi connectivity index (χ2v) is 7.09. The van der Waals surface area contributed by atoms with Crippen LogP contribution >= 0.6 is 0 Å². The van der Waals surface area contributed by atoms with Crippen molar-refractivity contribution in [3.8, 4) is 0 Å². The van der Waals surface area contributed by atoms with E-state index in [9.17, 15) is 8.42 Å². The number of hydrogen-bond donors (Lipinski definition) is 0. The third-order valence-corrected chi connectivity index (χ3v) is 5.60. The molecule has 0 radical (unpaired) electrons. The first-order valence-electron chi connectivity index (χ1n) is 7.01. The van der Waals surface area contributed by atoms with Crippen LogP contribution in [-0.4, -0.2) is 38.0 Å². The Balaban J connectivity index is 1.83. The van der Waals surface area contributed by atoms with E-state index < -0.39 is 10.0 Å². The maximum atomic E-state index is 12.6. The molecule has 108 valence electrons. The molecule has 20 heavy (non-hydrogen) atoms. The van der Waals surface area contributed by atoms with Gasteiger partial charge in [-0.1, -0.05) is 36.8 Å². The zero-order valence-electron chi connectivity index (χ0n) is 11.3. The van der Waals surface area contributed by atoms with Gasteiger partial charge in [-0.2, -0.15) is 4.31 Å². The minimum atomic E-state index is -3.37. The molecule has 0 N–H and O–H groups in total. The van der Waals surface area contributed by atoms with Crippen LogP contribution in [0.15, 0.2) is 35.7 Å². The molecule has 0 amide bonds. The second-order valence-electron chi connectivity index (χ2n) is 5.36. The molecule has 0 aliphatic carbocycles. The Kier molecular flexibility index (Phi) is 3.92. The zero-order valence-corrected chi connectivity index (χ0v) is 12.1. The van der Waals surface area contributed by atoms with Crippen LogP contribution in [0.5, 0.6) is 0 Å². The highest BCUT2D eigenvalue weighted by molar-refractivity contribution is 7.92. The van der Waals surface area contributed by atoms with Gasteiger partial charge >= 0.3 is 0 Å². The van der Waals surface area contributed by atoms with Gasteiger partial charge in [0, 0.05) is 17.5 Å². The lowest BCUT2D eigenvalue weighted by molar-refractivity contribution is -0.0291. The molecule has 1 aromatic rings. The van der Waals surface area contributed by atoms with Gasteiger partial charge in [-0.25, -0.2) is 8.42 Å². The van der Waals surface area contributed by atoms with E-state index in [1.165, 1.54) is 5.41 Å². The lowest BCUT2D eigenvalue weighted by atomic mass is 9.98. The molecule has 3 rings (SSSR count). The van der Waals surface area contributed by atoms with Crippen LogP contribution in [0.2, 0.25) is 0 Å². The van der Waals surface area contributed by atoms with Gasteiger partial charge in [-0.3, -0.25) is 0 Å². The van der Waals surface area contributed by atoms with E-state index >= 15 is 0 Å². The fraction of sp³-hybridized carbons (Fsp3) is 0.467. The minimum Gasteiger partial charge on any atom is -0.378 e. The number of ether oxygens (including phenoxy) is 1. The number of nitrogens with zero attached hydrogens (tertiary/aromatic N) is 1. The summed E-state index contributed by atoms with van der Waals surface area (Å²) in [7, 11) is -3.37. The van der Waals surface area contributed by atoms with Crippen LogP contribution in [0, 0.1) is 0 Å². The van der Waals surface area contributed by atoms with Crippen molar-refractivity contribution in [2.24, 2.45) is 0 Å². The summed E-state index contributed by atoms with van der Waals surface area (Å²) in [6.07, 6.45) is 4.55. The number of benzene rings is 1. The van der Waals surface area contributed by atoms with E-state index in [0.29, 0.717) is 13.2 Å². The number of morpholine rings is 1. The van der Waals surface area contributed by atoms with Gasteiger partial charge < -0.3 is 4.74 Å². The smallest absolute Gasteiger partial charge is 0.236 e. The molecule has 2 atom stereocenters. The van der Waals surface area contributed by atoms with Crippen molar-refractivity contribution in [1.29, 1.82) is 0 Å². The molecular weight excluding hydrogens is 274 g/mol. The first-order valence-corrected chi connectivity index (χ1v) is 8.51. The van der Waals surface area contributed by atoms with Gasteiger partial charge in [-0.05, 0) is 24.5 Å². The molecule has 2 heterocycles. The summed E-state index contributed by atoms with van der Waals surface area (Å²) in [5, 5.41) is 1.33. The van der Waals surface area contributed by atoms with E-state index in [1.807, 2.05) is 30.3 Å². The van der Waals surface area contributed by atoms with Crippen LogP contribution in [-0.2, 0) is 14.8 Å². The molecule has 1 aromatic carbocycles. The monoisotopic (exact) mass is 293 g/mol. The van der Waals surface area contributed by atoms with E-state index in [0.717, 1.165) is 24.8 Å². The quantitative estimate of drug-likeness (QED) is 0.858. The molecule has 0 saturated carbocycles. The summed E-state index contributed by atoms with van der Waals surface area (Å²) in [5.74, 6) is 0. The van der Waals surface area contributed by atoms with Gasteiger partial charge in [-0.15, -0.1) is 0 Å². The lowest BCUT2D eigenvalue weighted by Crippen LogP contribution is -2.56. The molecule has 2 bridgehead atoms. The molecule has 0 aromatic heterocycles. The molecule has 4 nitrogen and oxygen atoms in total. The number of rotatable bonds is 3. The van der Waals surface area contributed by atoms with E-state index in [1.54, 1.807) is 10.4 Å². The molecule has 2 aliphatic rings. The maximum absolute atomic E-state index is 12.6. The summed E-state index contributed by atoms with van der Waals surface area (Å²) in [4.78, 5) is 0. The fourth-order valence-corrected chi connectivity index (χ4v) is 4.64. The van der Waals surface area contributed by atoms with Gasteiger partial charge in [0.15, 0.2) is 0 Å². The number of fused-ring (bicyclic) bond motifs is 2. The molecule has 2 saturated heterocycles. The third kappa shape index (κ3) is 2.80. The van der Waals surface area contributed by atoms with Gasteiger partial charge in [0.2, 0.25) is 10.0 Å². The highest BCUT2D eigenvalue weighted by atomic mass is 32.2. The number of sulfonamides is 1. The van der Waals surface area contributed by atoms with Crippen molar-refractivity contribution >= 4 is 16.1 Å². The summed E-state index contributed by atoms with van der Waals surface area (Å²) >= 11 is 0. The average Bonchev–Trinajstić information content (AvgIpc) is 2.45. The summed E-state index contributed by atoms with van der Waals surface area (Å²) in [5.41, 5.74) is 0.898. The molecule has 2 fully saturated rings. The minimum absolute atomic E-state index is 0.00734. The van der Waals surface area contributed by atoms with Crippen molar-refractivity contribution in [3.63, 3.8) is 0 Å². The topological polar surface area (TPSA) is 46.6 Å². The Hall–Kier alpha value is -1.17. The van der Waals surface area contributed by atoms with E-state index in [-0.39, 0.29) is 12.1 Å². The summed E-state index contributed by atoms with van der Waals surface area (Å²) < 4.78 is 32.3. The molecule has 0 unspecified atom stereocenters. The van der Waals surface area contributed by atoms with Crippen LogP contribution in [0.1, 0.15) is 24.8 Å². The van der Waals surface area contributed by atoms with Crippen molar-refractivity contribution < 1.29 is 13.2 Å². The Morgan fingerprint density at radius 3 is 2.40 bits per heavy atom.